The number of carbonyl (C=O) groups excluding carboxylic acids is 2. The second-order valence-corrected chi connectivity index (χ2v) is 7.91. The van der Waals surface area contributed by atoms with Gasteiger partial charge in [-0.3, -0.25) is 4.79 Å². The lowest BCUT2D eigenvalue weighted by molar-refractivity contribution is -0.119. The Morgan fingerprint density at radius 2 is 1.57 bits per heavy atom. The van der Waals surface area contributed by atoms with Crippen molar-refractivity contribution in [1.82, 2.24) is 4.98 Å². The van der Waals surface area contributed by atoms with Gasteiger partial charge in [-0.25, -0.2) is 9.78 Å². The van der Waals surface area contributed by atoms with E-state index in [9.17, 15) is 9.59 Å². The van der Waals surface area contributed by atoms with Crippen LogP contribution in [0.5, 0.6) is 0 Å². The third-order valence-electron chi connectivity index (χ3n) is 5.63. The van der Waals surface area contributed by atoms with Crippen molar-refractivity contribution in [1.29, 1.82) is 5.26 Å². The molecule has 0 bridgehead atoms. The van der Waals surface area contributed by atoms with Crippen LogP contribution in [0.25, 0.3) is 32.9 Å². The third kappa shape index (κ3) is 4.56. The Bertz CT molecular complexity index is 1610. The first kappa shape index (κ1) is 21.8. The summed E-state index contributed by atoms with van der Waals surface area (Å²) in [5.74, 6) is -1.09. The van der Waals surface area contributed by atoms with Crippen LogP contribution < -0.4 is 5.32 Å². The largest absolute Gasteiger partial charge is 0.452 e. The lowest BCUT2D eigenvalue weighted by Crippen LogP contribution is -2.21. The fourth-order valence-corrected chi connectivity index (χ4v) is 3.97. The molecule has 0 aliphatic rings. The molecule has 4 aromatic carbocycles. The number of aromatic nitrogens is 1. The van der Waals surface area contributed by atoms with Crippen molar-refractivity contribution in [3.8, 4) is 17.3 Å². The zero-order valence-corrected chi connectivity index (χ0v) is 18.6. The molecule has 0 saturated carbocycles. The lowest BCUT2D eigenvalue weighted by Gasteiger charge is -2.12. The molecule has 168 valence electrons. The topological polar surface area (TPSA) is 92.1 Å². The molecule has 0 unspecified atom stereocenters. The van der Waals surface area contributed by atoms with E-state index in [-0.39, 0.29) is 0 Å². The summed E-state index contributed by atoms with van der Waals surface area (Å²) in [7, 11) is 0. The average Bonchev–Trinajstić information content (AvgIpc) is 2.91. The van der Waals surface area contributed by atoms with E-state index in [2.05, 4.69) is 5.32 Å². The van der Waals surface area contributed by atoms with Gasteiger partial charge in [0.15, 0.2) is 6.61 Å². The molecule has 5 aromatic rings. The van der Waals surface area contributed by atoms with Crippen LogP contribution in [0.2, 0.25) is 0 Å². The Morgan fingerprint density at radius 3 is 2.37 bits per heavy atom. The molecule has 0 aliphatic carbocycles. The lowest BCUT2D eigenvalue weighted by atomic mass is 9.99. The zero-order valence-electron chi connectivity index (χ0n) is 18.6. The molecule has 6 nitrogen and oxygen atoms in total. The van der Waals surface area contributed by atoms with E-state index in [4.69, 9.17) is 15.0 Å². The molecule has 1 heterocycles. The van der Waals surface area contributed by atoms with Gasteiger partial charge in [-0.05, 0) is 47.2 Å². The minimum atomic E-state index is -0.611. The van der Waals surface area contributed by atoms with Gasteiger partial charge in [0.2, 0.25) is 0 Å². The van der Waals surface area contributed by atoms with Crippen LogP contribution >= 0.6 is 0 Å². The number of benzene rings is 4. The summed E-state index contributed by atoms with van der Waals surface area (Å²) in [6.07, 6.45) is 0. The standard InChI is InChI=1S/C29H19N3O3/c30-17-19-12-14-21(15-13-19)31-28(33)18-35-29(34)25-16-27(32-26-11-4-3-9-24(25)26)23-10-5-7-20-6-1-2-8-22(20)23/h1-16H,18H2,(H,31,33). The molecule has 1 N–H and O–H groups in total. The van der Waals surface area contributed by atoms with Crippen LogP contribution in [0, 0.1) is 11.3 Å². The zero-order chi connectivity index (χ0) is 24.2. The number of hydrogen-bond donors (Lipinski definition) is 1. The molecule has 6 heteroatoms. The predicted octanol–water partition coefficient (Wildman–Crippen LogP) is 5.72. The van der Waals surface area contributed by atoms with Gasteiger partial charge in [0, 0.05) is 16.6 Å². The summed E-state index contributed by atoms with van der Waals surface area (Å²) in [5.41, 5.74) is 3.55. The van der Waals surface area contributed by atoms with Crippen molar-refractivity contribution in [2.75, 3.05) is 11.9 Å². The molecule has 0 radical (unpaired) electrons. The van der Waals surface area contributed by atoms with Gasteiger partial charge < -0.3 is 10.1 Å². The number of carbonyl (C=O) groups is 2. The molecule has 0 aliphatic heterocycles. The van der Waals surface area contributed by atoms with Crippen LogP contribution in [-0.4, -0.2) is 23.5 Å². The van der Waals surface area contributed by atoms with Crippen molar-refractivity contribution < 1.29 is 14.3 Å². The van der Waals surface area contributed by atoms with E-state index in [1.807, 2.05) is 72.8 Å². The molecular formula is C29H19N3O3. The van der Waals surface area contributed by atoms with Crippen molar-refractivity contribution in [2.45, 2.75) is 0 Å². The summed E-state index contributed by atoms with van der Waals surface area (Å²) < 4.78 is 5.36. The Morgan fingerprint density at radius 1 is 0.857 bits per heavy atom. The van der Waals surface area contributed by atoms with Gasteiger partial charge in [0.25, 0.3) is 5.91 Å². The van der Waals surface area contributed by atoms with E-state index >= 15 is 0 Å². The normalized spacial score (nSPS) is 10.6. The first-order valence-electron chi connectivity index (χ1n) is 11.0. The van der Waals surface area contributed by atoms with Crippen molar-refractivity contribution in [2.24, 2.45) is 0 Å². The van der Waals surface area contributed by atoms with Gasteiger partial charge in [-0.15, -0.1) is 0 Å². The van der Waals surface area contributed by atoms with Gasteiger partial charge in [0.05, 0.1) is 28.4 Å². The maximum atomic E-state index is 13.1. The van der Waals surface area contributed by atoms with Crippen LogP contribution in [0.15, 0.2) is 97.1 Å². The SMILES string of the molecule is N#Cc1ccc(NC(=O)COC(=O)c2cc(-c3cccc4ccccc34)nc3ccccc23)cc1. The van der Waals surface area contributed by atoms with Gasteiger partial charge in [-0.1, -0.05) is 60.7 Å². The Balaban J connectivity index is 1.42. The number of pyridine rings is 1. The van der Waals surface area contributed by atoms with Gasteiger partial charge >= 0.3 is 5.97 Å². The highest BCUT2D eigenvalue weighted by molar-refractivity contribution is 6.07. The molecule has 1 aromatic heterocycles. The van der Waals surface area contributed by atoms with E-state index in [1.54, 1.807) is 30.3 Å². The molecule has 1 amide bonds. The second kappa shape index (κ2) is 9.46. The smallest absolute Gasteiger partial charge is 0.339 e. The van der Waals surface area contributed by atoms with E-state index in [1.165, 1.54) is 0 Å². The molecule has 0 saturated heterocycles. The number of nitriles is 1. The summed E-state index contributed by atoms with van der Waals surface area (Å²) >= 11 is 0. The summed E-state index contributed by atoms with van der Waals surface area (Å²) in [6, 6.07) is 31.5. The highest BCUT2D eigenvalue weighted by Gasteiger charge is 2.17. The number of hydrogen-bond acceptors (Lipinski definition) is 5. The summed E-state index contributed by atoms with van der Waals surface area (Å²) in [5, 5.41) is 14.3. The maximum absolute atomic E-state index is 13.1. The minimum Gasteiger partial charge on any atom is -0.452 e. The fourth-order valence-electron chi connectivity index (χ4n) is 3.97. The Kier molecular flexibility index (Phi) is 5.89. The highest BCUT2D eigenvalue weighted by Crippen LogP contribution is 2.30. The summed E-state index contributed by atoms with van der Waals surface area (Å²) in [4.78, 5) is 30.2. The number of nitrogens with one attached hydrogen (secondary N) is 1. The maximum Gasteiger partial charge on any atom is 0.339 e. The average molecular weight is 457 g/mol. The van der Waals surface area contributed by atoms with Crippen LogP contribution in [0.1, 0.15) is 15.9 Å². The number of amides is 1. The van der Waals surface area contributed by atoms with Crippen molar-refractivity contribution >= 4 is 39.2 Å². The first-order valence-corrected chi connectivity index (χ1v) is 11.0. The van der Waals surface area contributed by atoms with E-state index in [0.717, 1.165) is 16.3 Å². The molecule has 5 rings (SSSR count). The second-order valence-electron chi connectivity index (χ2n) is 7.91. The molecule has 0 fully saturated rings. The molecule has 0 spiro atoms. The van der Waals surface area contributed by atoms with E-state index < -0.39 is 18.5 Å². The van der Waals surface area contributed by atoms with Gasteiger partial charge in [0.1, 0.15) is 0 Å². The monoisotopic (exact) mass is 457 g/mol. The number of para-hydroxylation sites is 1. The predicted molar refractivity (Wildman–Crippen MR) is 135 cm³/mol. The quantitative estimate of drug-likeness (QED) is 0.341. The van der Waals surface area contributed by atoms with Crippen LogP contribution in [0.4, 0.5) is 5.69 Å². The van der Waals surface area contributed by atoms with Crippen molar-refractivity contribution in [3.05, 3.63) is 108 Å². The number of nitrogens with zero attached hydrogens (tertiary/aromatic N) is 2. The molecular weight excluding hydrogens is 438 g/mol. The number of anilines is 1. The number of esters is 1. The first-order chi connectivity index (χ1) is 17.1. The highest BCUT2D eigenvalue weighted by atomic mass is 16.5. The van der Waals surface area contributed by atoms with Crippen molar-refractivity contribution in [3.63, 3.8) is 0 Å². The number of fused-ring (bicyclic) bond motifs is 2. The summed E-state index contributed by atoms with van der Waals surface area (Å²) in [6.45, 7) is -0.445. The number of rotatable bonds is 5. The fraction of sp³-hybridized carbons (Fsp3) is 0.0345. The van der Waals surface area contributed by atoms with Crippen LogP contribution in [0.3, 0.4) is 0 Å². The Labute approximate surface area is 201 Å². The molecule has 35 heavy (non-hydrogen) atoms. The Hall–Kier alpha value is -5.02. The molecule has 0 atom stereocenters. The third-order valence-corrected chi connectivity index (χ3v) is 5.63. The number of ether oxygens (including phenoxy) is 1. The van der Waals surface area contributed by atoms with Gasteiger partial charge in [-0.2, -0.15) is 5.26 Å². The van der Waals surface area contributed by atoms with Crippen LogP contribution in [-0.2, 0) is 9.53 Å². The van der Waals surface area contributed by atoms with E-state index in [0.29, 0.717) is 33.4 Å². The minimum absolute atomic E-state index is 0.338.